The number of nitriles is 1. The molecule has 2 saturated heterocycles. The summed E-state index contributed by atoms with van der Waals surface area (Å²) in [7, 11) is 0. The minimum Gasteiger partial charge on any atom is -0.480 e. The van der Waals surface area contributed by atoms with E-state index in [4.69, 9.17) is 29.3 Å². The van der Waals surface area contributed by atoms with Gasteiger partial charge in [-0.25, -0.2) is 9.97 Å². The van der Waals surface area contributed by atoms with Crippen LogP contribution in [0.3, 0.4) is 0 Å². The standard InChI is InChI=1S/C42H40F2N6O5/c1-23-28(7-4-9-30(23)38-47-32-15-27(19-50-12-6-11-34(50)40(51)52)35(54-41(43)44)16-36(32)53-38)29-8-5-10-31(24(29)2)39-48-33-14-25(13-26(17-45)37(33)55-39)18-49-21-42(3,20-46)22-49/h4-5,7-10,13-16,34,41H,6,11-12,18-22,46H2,1-3H3,(H,51,52)/t34-/m0/s1. The molecule has 1 atom stereocenters. The Labute approximate surface area is 315 Å². The number of benzene rings is 4. The van der Waals surface area contributed by atoms with Crippen molar-refractivity contribution in [3.05, 3.63) is 88.5 Å². The van der Waals surface area contributed by atoms with Crippen molar-refractivity contribution in [2.45, 2.75) is 59.4 Å². The molecule has 282 valence electrons. The monoisotopic (exact) mass is 746 g/mol. The van der Waals surface area contributed by atoms with Gasteiger partial charge in [-0.2, -0.15) is 14.0 Å². The van der Waals surface area contributed by atoms with Crippen LogP contribution < -0.4 is 10.5 Å². The predicted octanol–water partition coefficient (Wildman–Crippen LogP) is 7.89. The number of nitrogens with zero attached hydrogens (tertiary/aromatic N) is 5. The van der Waals surface area contributed by atoms with Crippen molar-refractivity contribution in [1.29, 1.82) is 5.26 Å². The average molecular weight is 747 g/mol. The molecule has 2 aliphatic heterocycles. The van der Waals surface area contributed by atoms with Crippen LogP contribution in [0.15, 0.2) is 69.5 Å². The van der Waals surface area contributed by atoms with Gasteiger partial charge in [0, 0.05) is 60.9 Å². The first-order chi connectivity index (χ1) is 26.4. The molecule has 0 bridgehead atoms. The lowest BCUT2D eigenvalue weighted by molar-refractivity contribution is -0.142. The SMILES string of the molecule is Cc1c(-c2nc3cc(CN4CCC[C@H]4C(=O)O)c(OC(F)F)cc3o2)cccc1-c1cccc(-c2nc3cc(CN4CC(C)(CN)C4)cc(C#N)c3o2)c1C. The van der Waals surface area contributed by atoms with Gasteiger partial charge in [-0.15, -0.1) is 0 Å². The van der Waals surface area contributed by atoms with Crippen LogP contribution in [-0.4, -0.2) is 69.7 Å². The van der Waals surface area contributed by atoms with Crippen LogP contribution in [0.4, 0.5) is 8.78 Å². The zero-order valence-corrected chi connectivity index (χ0v) is 30.7. The van der Waals surface area contributed by atoms with Gasteiger partial charge in [0.15, 0.2) is 11.2 Å². The third-order valence-corrected chi connectivity index (χ3v) is 11.0. The van der Waals surface area contributed by atoms with Crippen LogP contribution in [0.25, 0.3) is 56.2 Å². The number of carboxylic acid groups (broad SMARTS) is 1. The number of ether oxygens (including phenoxy) is 1. The number of aromatic nitrogens is 2. The Morgan fingerprint density at radius 1 is 1.00 bits per heavy atom. The maximum Gasteiger partial charge on any atom is 0.387 e. The number of rotatable bonds is 11. The number of halogens is 2. The quantitative estimate of drug-likeness (QED) is 0.133. The van der Waals surface area contributed by atoms with Crippen molar-refractivity contribution in [2.75, 3.05) is 26.2 Å². The second kappa shape index (κ2) is 14.2. The molecule has 4 heterocycles. The van der Waals surface area contributed by atoms with Crippen molar-refractivity contribution in [2.24, 2.45) is 11.1 Å². The van der Waals surface area contributed by atoms with E-state index >= 15 is 0 Å². The number of carbonyl (C=O) groups is 1. The third-order valence-electron chi connectivity index (χ3n) is 11.0. The van der Waals surface area contributed by atoms with Crippen LogP contribution in [0.5, 0.6) is 5.75 Å². The zero-order chi connectivity index (χ0) is 38.6. The zero-order valence-electron chi connectivity index (χ0n) is 30.7. The minimum absolute atomic E-state index is 0.0809. The molecule has 2 aromatic heterocycles. The second-order valence-electron chi connectivity index (χ2n) is 15.0. The number of fused-ring (bicyclic) bond motifs is 2. The highest BCUT2D eigenvalue weighted by Gasteiger charge is 2.37. The van der Waals surface area contributed by atoms with Crippen molar-refractivity contribution in [3.63, 3.8) is 0 Å². The molecule has 11 nitrogen and oxygen atoms in total. The molecule has 0 radical (unpaired) electrons. The van der Waals surface area contributed by atoms with Crippen LogP contribution in [0, 0.1) is 30.6 Å². The van der Waals surface area contributed by atoms with Gasteiger partial charge in [-0.1, -0.05) is 31.2 Å². The van der Waals surface area contributed by atoms with E-state index in [1.165, 1.54) is 6.07 Å². The smallest absolute Gasteiger partial charge is 0.387 e. The van der Waals surface area contributed by atoms with E-state index in [0.29, 0.717) is 77.6 Å². The summed E-state index contributed by atoms with van der Waals surface area (Å²) in [6.45, 7) is 6.87. The summed E-state index contributed by atoms with van der Waals surface area (Å²) in [5.41, 5.74) is 14.8. The molecule has 0 unspecified atom stereocenters. The van der Waals surface area contributed by atoms with E-state index in [1.54, 1.807) is 11.0 Å². The molecule has 2 fully saturated rings. The summed E-state index contributed by atoms with van der Waals surface area (Å²) >= 11 is 0. The van der Waals surface area contributed by atoms with Crippen LogP contribution in [0.2, 0.25) is 0 Å². The first-order valence-electron chi connectivity index (χ1n) is 18.2. The van der Waals surface area contributed by atoms with Crippen molar-refractivity contribution in [3.8, 4) is 45.9 Å². The number of aliphatic carboxylic acids is 1. The van der Waals surface area contributed by atoms with Crippen LogP contribution in [0.1, 0.15) is 47.6 Å². The maximum atomic E-state index is 13.5. The Morgan fingerprint density at radius 3 is 2.29 bits per heavy atom. The molecule has 0 spiro atoms. The van der Waals surface area contributed by atoms with Crippen molar-refractivity contribution in [1.82, 2.24) is 19.8 Å². The van der Waals surface area contributed by atoms with Gasteiger partial charge in [-0.3, -0.25) is 14.6 Å². The number of alkyl halides is 2. The Kier molecular flexibility index (Phi) is 9.37. The van der Waals surface area contributed by atoms with E-state index in [2.05, 4.69) is 17.9 Å². The highest BCUT2D eigenvalue weighted by atomic mass is 19.3. The molecular formula is C42H40F2N6O5. The Hall–Kier alpha value is -5.68. The fraction of sp³-hybridized carbons (Fsp3) is 0.333. The van der Waals surface area contributed by atoms with Gasteiger partial charge in [-0.05, 0) is 91.4 Å². The van der Waals surface area contributed by atoms with Gasteiger partial charge in [0.25, 0.3) is 0 Å². The summed E-state index contributed by atoms with van der Waals surface area (Å²) in [5.74, 6) is -0.309. The van der Waals surface area contributed by atoms with Crippen LogP contribution in [-0.2, 0) is 17.9 Å². The summed E-state index contributed by atoms with van der Waals surface area (Å²) in [6, 6.07) is 20.2. The fourth-order valence-corrected chi connectivity index (χ4v) is 8.19. The van der Waals surface area contributed by atoms with Gasteiger partial charge < -0.3 is 24.4 Å². The fourth-order valence-electron chi connectivity index (χ4n) is 8.19. The minimum atomic E-state index is -3.07. The number of oxazole rings is 2. The number of carboxylic acids is 1. The van der Waals surface area contributed by atoms with E-state index < -0.39 is 18.6 Å². The van der Waals surface area contributed by atoms with Gasteiger partial charge in [0.1, 0.15) is 28.9 Å². The number of hydrogen-bond acceptors (Lipinski definition) is 10. The molecular weight excluding hydrogens is 706 g/mol. The molecule has 0 aliphatic carbocycles. The molecule has 13 heteroatoms. The summed E-state index contributed by atoms with van der Waals surface area (Å²) in [5, 5.41) is 19.7. The summed E-state index contributed by atoms with van der Waals surface area (Å²) < 4.78 is 44.3. The van der Waals surface area contributed by atoms with Crippen molar-refractivity contribution < 1.29 is 32.3 Å². The lowest BCUT2D eigenvalue weighted by atomic mass is 9.82. The lowest BCUT2D eigenvalue weighted by Gasteiger charge is -2.47. The Balaban J connectivity index is 1.11. The number of likely N-dealkylation sites (tertiary alicyclic amines) is 2. The molecule has 0 saturated carbocycles. The lowest BCUT2D eigenvalue weighted by Crippen LogP contribution is -2.57. The molecule has 55 heavy (non-hydrogen) atoms. The largest absolute Gasteiger partial charge is 0.480 e. The second-order valence-corrected chi connectivity index (χ2v) is 15.0. The Bertz CT molecular complexity index is 2500. The maximum absolute atomic E-state index is 13.5. The van der Waals surface area contributed by atoms with E-state index in [0.717, 1.165) is 46.5 Å². The molecule has 6 aromatic rings. The molecule has 0 amide bonds. The number of nitrogens with two attached hydrogens (primary N) is 1. The molecule has 2 aliphatic rings. The normalized spacial score (nSPS) is 17.2. The summed E-state index contributed by atoms with van der Waals surface area (Å²) in [4.78, 5) is 25.5. The van der Waals surface area contributed by atoms with Crippen LogP contribution >= 0.6 is 0 Å². The van der Waals surface area contributed by atoms with Gasteiger partial charge >= 0.3 is 12.6 Å². The highest BCUT2D eigenvalue weighted by molar-refractivity contribution is 5.86. The average Bonchev–Trinajstić information content (AvgIpc) is 3.89. The molecule has 3 N–H and O–H groups in total. The van der Waals surface area contributed by atoms with Gasteiger partial charge in [0.05, 0.1) is 5.56 Å². The highest BCUT2D eigenvalue weighted by Crippen LogP contribution is 2.40. The topological polar surface area (TPSA) is 155 Å². The first-order valence-corrected chi connectivity index (χ1v) is 18.2. The van der Waals surface area contributed by atoms with Crippen molar-refractivity contribution >= 4 is 28.2 Å². The van der Waals surface area contributed by atoms with E-state index in [9.17, 15) is 23.9 Å². The third kappa shape index (κ3) is 6.82. The summed E-state index contributed by atoms with van der Waals surface area (Å²) in [6.07, 6.45) is 1.18. The van der Waals surface area contributed by atoms with E-state index in [-0.39, 0.29) is 23.3 Å². The molecule has 8 rings (SSSR count). The molecule has 4 aromatic carbocycles. The van der Waals surface area contributed by atoms with Gasteiger partial charge in [0.2, 0.25) is 11.8 Å². The predicted molar refractivity (Wildman–Crippen MR) is 202 cm³/mol. The number of hydrogen-bond donors (Lipinski definition) is 2. The Morgan fingerprint density at radius 2 is 1.65 bits per heavy atom. The van der Waals surface area contributed by atoms with E-state index in [1.807, 2.05) is 62.4 Å². The first kappa shape index (κ1) is 36.3.